The number of hydrogen-bond acceptors (Lipinski definition) is 3. The Labute approximate surface area is 66.5 Å². The molecule has 0 saturated carbocycles. The first-order valence-electron chi connectivity index (χ1n) is 3.01. The molecule has 0 saturated heterocycles. The van der Waals surface area contributed by atoms with Crippen LogP contribution in [0.2, 0.25) is 0 Å². The lowest BCUT2D eigenvalue weighted by Crippen LogP contribution is -2.21. The second-order valence-electron chi connectivity index (χ2n) is 1.95. The summed E-state index contributed by atoms with van der Waals surface area (Å²) >= 11 is 0. The zero-order valence-electron chi connectivity index (χ0n) is 5.94. The van der Waals surface area contributed by atoms with Crippen molar-refractivity contribution in [1.82, 2.24) is 0 Å². The summed E-state index contributed by atoms with van der Waals surface area (Å²) in [6, 6.07) is 0. The van der Waals surface area contributed by atoms with E-state index < -0.39 is 16.4 Å². The summed E-state index contributed by atoms with van der Waals surface area (Å²) in [5, 5.41) is 0. The highest BCUT2D eigenvalue weighted by molar-refractivity contribution is 7.73. The molecule has 1 rings (SSSR count). The average molecular weight is 171 g/mol. The lowest BCUT2D eigenvalue weighted by atomic mass is 10.1. The Kier molecular flexibility index (Phi) is 2.62. The van der Waals surface area contributed by atoms with Crippen LogP contribution in [0.4, 0.5) is 0 Å². The quantitative estimate of drug-likeness (QED) is 0.521. The summed E-state index contributed by atoms with van der Waals surface area (Å²) in [7, 11) is -0.781. The molecule has 0 aromatic heterocycles. The molecule has 0 bridgehead atoms. The molecule has 0 aromatic rings. The molecular weight excluding hydrogens is 164 g/mol. The van der Waals surface area contributed by atoms with Crippen molar-refractivity contribution in [3.8, 4) is 0 Å². The third kappa shape index (κ3) is 1.78. The molecule has 0 aliphatic heterocycles. The molecule has 4 heteroatoms. The summed E-state index contributed by atoms with van der Waals surface area (Å²) in [6.07, 6.45) is 7.01. The minimum atomic E-state index is -2.23. The van der Waals surface area contributed by atoms with Crippen LogP contribution >= 0.6 is 0 Å². The van der Waals surface area contributed by atoms with Gasteiger partial charge in [0.2, 0.25) is 10.3 Å². The molecule has 1 aliphatic carbocycles. The van der Waals surface area contributed by atoms with Crippen molar-refractivity contribution in [2.75, 3.05) is 7.11 Å². The van der Waals surface area contributed by atoms with Crippen LogP contribution in [0.15, 0.2) is 18.2 Å². The van der Waals surface area contributed by atoms with Gasteiger partial charge in [-0.15, -0.1) is 0 Å². The first-order valence-corrected chi connectivity index (χ1v) is 4.08. The normalized spacial score (nSPS) is 22.3. The fourth-order valence-electron chi connectivity index (χ4n) is 0.785. The van der Waals surface area contributed by atoms with Crippen molar-refractivity contribution >= 4 is 15.2 Å². The first-order chi connectivity index (χ1) is 5.25. The van der Waals surface area contributed by atoms with Gasteiger partial charge in [0.25, 0.3) is 0 Å². The predicted molar refractivity (Wildman–Crippen MR) is 41.7 cm³/mol. The minimum absolute atomic E-state index is 0.148. The van der Waals surface area contributed by atoms with Gasteiger partial charge in [-0.1, -0.05) is 18.2 Å². The van der Waals surface area contributed by atoms with Crippen molar-refractivity contribution in [1.29, 1.82) is 0 Å². The molecule has 0 spiro atoms. The first kappa shape index (κ1) is 8.23. The van der Waals surface area contributed by atoms with E-state index in [0.717, 1.165) is 0 Å². The molecule has 3 nitrogen and oxygen atoms in total. The largest absolute Gasteiger partial charge is 0.372 e. The van der Waals surface area contributed by atoms with Crippen LogP contribution in [0.5, 0.6) is 0 Å². The number of ether oxygens (including phenoxy) is 1. The third-order valence-corrected chi connectivity index (χ3v) is 2.01. The summed E-state index contributed by atoms with van der Waals surface area (Å²) < 4.78 is 25.8. The van der Waals surface area contributed by atoms with E-state index in [1.165, 1.54) is 7.11 Å². The van der Waals surface area contributed by atoms with Gasteiger partial charge in [-0.3, -0.25) is 0 Å². The fraction of sp³-hybridized carbons (Fsp3) is 0.286. The van der Waals surface area contributed by atoms with Gasteiger partial charge >= 0.3 is 0 Å². The van der Waals surface area contributed by atoms with Gasteiger partial charge in [-0.2, -0.15) is 8.42 Å². The number of rotatable bonds is 1. The second kappa shape index (κ2) is 3.50. The molecule has 59 valence electrons. The fourth-order valence-corrected chi connectivity index (χ4v) is 1.31. The Bertz CT molecular complexity index is 314. The molecule has 0 N–H and O–H groups in total. The van der Waals surface area contributed by atoms with E-state index in [2.05, 4.69) is 6.08 Å². The Morgan fingerprint density at radius 2 is 2.36 bits per heavy atom. The number of hydrogen-bond donors (Lipinski definition) is 0. The van der Waals surface area contributed by atoms with Gasteiger partial charge in [0.15, 0.2) is 0 Å². The molecular formula is C7H7O3S. The Morgan fingerprint density at radius 1 is 1.64 bits per heavy atom. The molecule has 0 aromatic carbocycles. The van der Waals surface area contributed by atoms with Crippen molar-refractivity contribution in [3.05, 3.63) is 24.3 Å². The van der Waals surface area contributed by atoms with Gasteiger partial charge in [-0.05, 0) is 0 Å². The van der Waals surface area contributed by atoms with Gasteiger partial charge in [0.05, 0.1) is 0 Å². The molecule has 1 radical (unpaired) electrons. The summed E-state index contributed by atoms with van der Waals surface area (Å²) in [6.45, 7) is 0. The molecule has 1 aliphatic rings. The monoisotopic (exact) mass is 171 g/mol. The SMILES string of the molecule is COC1C=CC=[C]C1=S(=O)=O. The van der Waals surface area contributed by atoms with E-state index >= 15 is 0 Å². The van der Waals surface area contributed by atoms with Crippen molar-refractivity contribution < 1.29 is 13.2 Å². The molecule has 1 unspecified atom stereocenters. The van der Waals surface area contributed by atoms with Crippen LogP contribution in [0.25, 0.3) is 0 Å². The molecule has 0 amide bonds. The topological polar surface area (TPSA) is 43.4 Å². The van der Waals surface area contributed by atoms with Gasteiger partial charge in [0, 0.05) is 13.2 Å². The summed E-state index contributed by atoms with van der Waals surface area (Å²) in [5.74, 6) is 0. The van der Waals surface area contributed by atoms with Crippen LogP contribution in [-0.4, -0.2) is 26.5 Å². The van der Waals surface area contributed by atoms with E-state index in [1.807, 2.05) is 0 Å². The molecule has 11 heavy (non-hydrogen) atoms. The highest BCUT2D eigenvalue weighted by Crippen LogP contribution is 2.01. The maximum absolute atomic E-state index is 10.5. The number of methoxy groups -OCH3 is 1. The zero-order valence-corrected chi connectivity index (χ0v) is 6.76. The van der Waals surface area contributed by atoms with E-state index in [1.54, 1.807) is 18.2 Å². The highest BCUT2D eigenvalue weighted by Gasteiger charge is 2.12. The third-order valence-electron chi connectivity index (χ3n) is 1.30. The average Bonchev–Trinajstić information content (AvgIpc) is 2.04. The van der Waals surface area contributed by atoms with E-state index in [-0.39, 0.29) is 4.86 Å². The zero-order chi connectivity index (χ0) is 8.27. The van der Waals surface area contributed by atoms with Crippen LogP contribution in [0, 0.1) is 6.08 Å². The Balaban J connectivity index is 3.08. The molecule has 0 heterocycles. The van der Waals surface area contributed by atoms with Gasteiger partial charge < -0.3 is 4.74 Å². The van der Waals surface area contributed by atoms with Crippen LogP contribution in [-0.2, 0) is 15.0 Å². The molecule has 0 fully saturated rings. The smallest absolute Gasteiger partial charge is 0.220 e. The van der Waals surface area contributed by atoms with Crippen molar-refractivity contribution in [2.24, 2.45) is 0 Å². The van der Waals surface area contributed by atoms with Gasteiger partial charge in [-0.25, -0.2) is 0 Å². The highest BCUT2D eigenvalue weighted by atomic mass is 32.2. The predicted octanol–water partition coefficient (Wildman–Crippen LogP) is -0.0179. The lowest BCUT2D eigenvalue weighted by Gasteiger charge is -2.09. The minimum Gasteiger partial charge on any atom is -0.372 e. The van der Waals surface area contributed by atoms with Gasteiger partial charge in [0.1, 0.15) is 11.0 Å². The van der Waals surface area contributed by atoms with Crippen LogP contribution in [0.3, 0.4) is 0 Å². The van der Waals surface area contributed by atoms with Crippen molar-refractivity contribution in [2.45, 2.75) is 6.10 Å². The van der Waals surface area contributed by atoms with E-state index in [9.17, 15) is 8.42 Å². The van der Waals surface area contributed by atoms with E-state index in [0.29, 0.717) is 0 Å². The standard InChI is InChI=1S/C7H7O3S/c1-10-6-4-2-3-5-7(6)11(8)9/h2-4,6H,1H3. The van der Waals surface area contributed by atoms with Crippen LogP contribution in [0.1, 0.15) is 0 Å². The van der Waals surface area contributed by atoms with E-state index in [4.69, 9.17) is 4.74 Å². The maximum atomic E-state index is 10.5. The summed E-state index contributed by atoms with van der Waals surface area (Å²) in [5.41, 5.74) is 0. The molecule has 1 atom stereocenters. The Morgan fingerprint density at radius 3 is 2.82 bits per heavy atom. The van der Waals surface area contributed by atoms with Crippen molar-refractivity contribution in [3.63, 3.8) is 0 Å². The van der Waals surface area contributed by atoms with Crippen LogP contribution < -0.4 is 0 Å². The Hall–Kier alpha value is -0.870. The number of allylic oxidation sites excluding steroid dienone is 2. The maximum Gasteiger partial charge on any atom is 0.220 e. The lowest BCUT2D eigenvalue weighted by molar-refractivity contribution is 0.193. The second-order valence-corrected chi connectivity index (χ2v) is 2.86. The summed E-state index contributed by atoms with van der Waals surface area (Å²) in [4.78, 5) is 0.148.